The first-order valence-corrected chi connectivity index (χ1v) is 8.40. The Kier molecular flexibility index (Phi) is 4.99. The van der Waals surface area contributed by atoms with Gasteiger partial charge in [0.25, 0.3) is 0 Å². The lowest BCUT2D eigenvalue weighted by molar-refractivity contribution is 0.306. The average molecular weight is 295 g/mol. The van der Waals surface area contributed by atoms with Crippen molar-refractivity contribution in [3.05, 3.63) is 60.2 Å². The average Bonchev–Trinajstić information content (AvgIpc) is 3.03. The molecule has 1 aliphatic heterocycles. The van der Waals surface area contributed by atoms with Crippen molar-refractivity contribution in [3.63, 3.8) is 0 Å². The number of rotatable bonds is 6. The van der Waals surface area contributed by atoms with Crippen molar-refractivity contribution in [1.82, 2.24) is 0 Å². The van der Waals surface area contributed by atoms with Gasteiger partial charge in [-0.25, -0.2) is 0 Å². The highest BCUT2D eigenvalue weighted by atomic mass is 16.5. The highest BCUT2D eigenvalue weighted by Gasteiger charge is 2.23. The van der Waals surface area contributed by atoms with Gasteiger partial charge < -0.3 is 9.64 Å². The molecule has 1 atom stereocenters. The van der Waals surface area contributed by atoms with Gasteiger partial charge in [0.05, 0.1) is 0 Å². The molecule has 0 bridgehead atoms. The summed E-state index contributed by atoms with van der Waals surface area (Å²) in [5.74, 6) is 0.962. The minimum absolute atomic E-state index is 0.628. The maximum absolute atomic E-state index is 5.96. The topological polar surface area (TPSA) is 12.5 Å². The summed E-state index contributed by atoms with van der Waals surface area (Å²) in [6.07, 6.45) is 5.17. The molecule has 3 rings (SSSR count). The molecule has 0 aliphatic carbocycles. The molecule has 1 fully saturated rings. The van der Waals surface area contributed by atoms with Gasteiger partial charge in [-0.1, -0.05) is 49.7 Å². The second kappa shape index (κ2) is 7.35. The van der Waals surface area contributed by atoms with E-state index in [4.69, 9.17) is 4.74 Å². The second-order valence-corrected chi connectivity index (χ2v) is 6.05. The van der Waals surface area contributed by atoms with E-state index in [2.05, 4.69) is 60.4 Å². The Morgan fingerprint density at radius 1 is 1.09 bits per heavy atom. The van der Waals surface area contributed by atoms with E-state index in [-0.39, 0.29) is 0 Å². The van der Waals surface area contributed by atoms with E-state index in [1.807, 2.05) is 6.07 Å². The van der Waals surface area contributed by atoms with Crippen LogP contribution in [0.4, 0.5) is 5.69 Å². The van der Waals surface area contributed by atoms with Crippen LogP contribution in [0.2, 0.25) is 0 Å². The normalized spacial score (nSPS) is 17.7. The van der Waals surface area contributed by atoms with E-state index in [9.17, 15) is 0 Å². The summed E-state index contributed by atoms with van der Waals surface area (Å²) >= 11 is 0. The standard InChI is InChI=1S/C20H25NO/c1-2-8-18-12-7-14-21(18)19-11-6-13-20(15-19)22-16-17-9-4-3-5-10-17/h3-6,9-11,13,15,18H,2,7-8,12,14,16H2,1H3/t18-/m1/s1. The van der Waals surface area contributed by atoms with Crippen molar-refractivity contribution in [2.45, 2.75) is 45.3 Å². The van der Waals surface area contributed by atoms with Gasteiger partial charge >= 0.3 is 0 Å². The van der Waals surface area contributed by atoms with Crippen molar-refractivity contribution in [1.29, 1.82) is 0 Å². The van der Waals surface area contributed by atoms with Crippen LogP contribution in [-0.2, 0) is 6.61 Å². The van der Waals surface area contributed by atoms with Crippen LogP contribution in [0.15, 0.2) is 54.6 Å². The largest absolute Gasteiger partial charge is 0.489 e. The molecule has 0 N–H and O–H groups in total. The van der Waals surface area contributed by atoms with Gasteiger partial charge in [-0.15, -0.1) is 0 Å². The van der Waals surface area contributed by atoms with E-state index in [0.717, 1.165) is 5.75 Å². The zero-order chi connectivity index (χ0) is 15.2. The SMILES string of the molecule is CCC[C@@H]1CCCN1c1cccc(OCc2ccccc2)c1. The fourth-order valence-electron chi connectivity index (χ4n) is 3.30. The zero-order valence-electron chi connectivity index (χ0n) is 13.4. The summed E-state index contributed by atoms with van der Waals surface area (Å²) in [7, 11) is 0. The zero-order valence-corrected chi connectivity index (χ0v) is 13.4. The van der Waals surface area contributed by atoms with Gasteiger partial charge in [0.2, 0.25) is 0 Å². The fraction of sp³-hybridized carbons (Fsp3) is 0.400. The predicted molar refractivity (Wildman–Crippen MR) is 92.5 cm³/mol. The third kappa shape index (κ3) is 3.62. The van der Waals surface area contributed by atoms with Crippen molar-refractivity contribution < 1.29 is 4.74 Å². The Labute approximate surface area is 133 Å². The van der Waals surface area contributed by atoms with Crippen molar-refractivity contribution in [3.8, 4) is 5.75 Å². The number of anilines is 1. The van der Waals surface area contributed by atoms with Crippen molar-refractivity contribution in [2.24, 2.45) is 0 Å². The molecule has 2 heteroatoms. The molecule has 22 heavy (non-hydrogen) atoms. The lowest BCUT2D eigenvalue weighted by atomic mass is 10.1. The number of hydrogen-bond donors (Lipinski definition) is 0. The molecule has 1 aliphatic rings. The summed E-state index contributed by atoms with van der Waals surface area (Å²) in [6, 6.07) is 19.6. The number of hydrogen-bond acceptors (Lipinski definition) is 2. The quantitative estimate of drug-likeness (QED) is 0.740. The fourth-order valence-corrected chi connectivity index (χ4v) is 3.30. The first kappa shape index (κ1) is 15.0. The van der Waals surface area contributed by atoms with Crippen LogP contribution in [0.3, 0.4) is 0 Å². The molecule has 0 saturated carbocycles. The van der Waals surface area contributed by atoms with Crippen molar-refractivity contribution >= 4 is 5.69 Å². The lowest BCUT2D eigenvalue weighted by Crippen LogP contribution is -2.28. The number of nitrogens with zero attached hydrogens (tertiary/aromatic N) is 1. The molecule has 2 aromatic carbocycles. The van der Waals surface area contributed by atoms with E-state index < -0.39 is 0 Å². The maximum atomic E-state index is 5.96. The third-order valence-corrected chi connectivity index (χ3v) is 4.40. The predicted octanol–water partition coefficient (Wildman–Crippen LogP) is 5.03. The van der Waals surface area contributed by atoms with Gasteiger partial charge in [-0.3, -0.25) is 0 Å². The molecule has 0 aromatic heterocycles. The lowest BCUT2D eigenvalue weighted by Gasteiger charge is -2.27. The van der Waals surface area contributed by atoms with Gasteiger partial charge in [-0.05, 0) is 37.0 Å². The van der Waals surface area contributed by atoms with E-state index in [1.54, 1.807) is 0 Å². The number of ether oxygens (including phenoxy) is 1. The van der Waals surface area contributed by atoms with Crippen molar-refractivity contribution in [2.75, 3.05) is 11.4 Å². The molecular weight excluding hydrogens is 270 g/mol. The highest BCUT2D eigenvalue weighted by molar-refractivity contribution is 5.52. The molecule has 0 radical (unpaired) electrons. The van der Waals surface area contributed by atoms with Crippen LogP contribution in [0, 0.1) is 0 Å². The molecule has 2 aromatic rings. The monoisotopic (exact) mass is 295 g/mol. The van der Waals surface area contributed by atoms with Crippen LogP contribution < -0.4 is 9.64 Å². The number of benzene rings is 2. The summed E-state index contributed by atoms with van der Waals surface area (Å²) < 4.78 is 5.96. The first-order valence-electron chi connectivity index (χ1n) is 8.40. The third-order valence-electron chi connectivity index (χ3n) is 4.40. The van der Waals surface area contributed by atoms with E-state index in [0.29, 0.717) is 12.6 Å². The van der Waals surface area contributed by atoms with Crippen LogP contribution >= 0.6 is 0 Å². The minimum atomic E-state index is 0.628. The van der Waals surface area contributed by atoms with Crippen LogP contribution in [0.25, 0.3) is 0 Å². The van der Waals surface area contributed by atoms with Gasteiger partial charge in [0.1, 0.15) is 12.4 Å². The molecular formula is C20H25NO. The van der Waals surface area contributed by atoms with E-state index in [1.165, 1.54) is 43.5 Å². The molecule has 116 valence electrons. The van der Waals surface area contributed by atoms with E-state index >= 15 is 0 Å². The smallest absolute Gasteiger partial charge is 0.121 e. The van der Waals surface area contributed by atoms with Crippen LogP contribution in [0.5, 0.6) is 5.75 Å². The molecule has 0 amide bonds. The van der Waals surface area contributed by atoms with Crippen LogP contribution in [0.1, 0.15) is 38.2 Å². The first-order chi connectivity index (χ1) is 10.9. The van der Waals surface area contributed by atoms with Gasteiger partial charge in [0.15, 0.2) is 0 Å². The minimum Gasteiger partial charge on any atom is -0.489 e. The summed E-state index contributed by atoms with van der Waals surface area (Å²) in [6.45, 7) is 4.07. The second-order valence-electron chi connectivity index (χ2n) is 6.05. The summed E-state index contributed by atoms with van der Waals surface area (Å²) in [5, 5.41) is 0. The molecule has 0 spiro atoms. The Morgan fingerprint density at radius 3 is 2.77 bits per heavy atom. The molecule has 1 saturated heterocycles. The van der Waals surface area contributed by atoms with Gasteiger partial charge in [0, 0.05) is 24.3 Å². The summed E-state index contributed by atoms with van der Waals surface area (Å²) in [5.41, 5.74) is 2.51. The molecule has 0 unspecified atom stereocenters. The molecule has 2 nitrogen and oxygen atoms in total. The molecule has 1 heterocycles. The Balaban J connectivity index is 1.67. The maximum Gasteiger partial charge on any atom is 0.121 e. The van der Waals surface area contributed by atoms with Crippen LogP contribution in [-0.4, -0.2) is 12.6 Å². The Hall–Kier alpha value is -1.96. The highest BCUT2D eigenvalue weighted by Crippen LogP contribution is 2.30. The Morgan fingerprint density at radius 2 is 1.95 bits per heavy atom. The summed E-state index contributed by atoms with van der Waals surface area (Å²) in [4.78, 5) is 2.55. The van der Waals surface area contributed by atoms with Gasteiger partial charge in [-0.2, -0.15) is 0 Å². The Bertz CT molecular complexity index is 581.